The number of benzene rings is 1. The van der Waals surface area contributed by atoms with E-state index in [-0.39, 0.29) is 0 Å². The van der Waals surface area contributed by atoms with Gasteiger partial charge in [-0.05, 0) is 12.1 Å². The Labute approximate surface area is 70.9 Å². The first-order chi connectivity index (χ1) is 5.34. The van der Waals surface area contributed by atoms with Crippen molar-refractivity contribution in [3.8, 4) is 5.75 Å². The van der Waals surface area contributed by atoms with Gasteiger partial charge in [-0.3, -0.25) is 0 Å². The van der Waals surface area contributed by atoms with Crippen LogP contribution in [0.3, 0.4) is 0 Å². The summed E-state index contributed by atoms with van der Waals surface area (Å²) >= 11 is 5.81. The zero-order valence-electron chi connectivity index (χ0n) is 6.22. The fraction of sp³-hybridized carbons (Fsp3) is 0.250. The van der Waals surface area contributed by atoms with Gasteiger partial charge < -0.3 is 10.5 Å². The SMILES string of the molecule is [NH3+]CCOc1ccccc1Cl. The molecular weight excluding hydrogens is 162 g/mol. The zero-order valence-corrected chi connectivity index (χ0v) is 6.97. The predicted octanol–water partition coefficient (Wildman–Crippen LogP) is 0.961. The highest BCUT2D eigenvalue weighted by Gasteiger charge is 1.97. The molecule has 60 valence electrons. The van der Waals surface area contributed by atoms with E-state index in [0.717, 1.165) is 12.3 Å². The number of quaternary nitrogens is 1. The van der Waals surface area contributed by atoms with Crippen molar-refractivity contribution in [1.82, 2.24) is 0 Å². The molecule has 0 aliphatic rings. The lowest BCUT2D eigenvalue weighted by Crippen LogP contribution is -2.52. The van der Waals surface area contributed by atoms with Crippen LogP contribution >= 0.6 is 11.6 Å². The molecule has 1 rings (SSSR count). The van der Waals surface area contributed by atoms with Crippen molar-refractivity contribution < 1.29 is 10.5 Å². The Hall–Kier alpha value is -0.730. The molecule has 11 heavy (non-hydrogen) atoms. The van der Waals surface area contributed by atoms with Crippen molar-refractivity contribution in [3.05, 3.63) is 29.3 Å². The largest absolute Gasteiger partial charge is 0.486 e. The van der Waals surface area contributed by atoms with Crippen LogP contribution in [-0.2, 0) is 0 Å². The second-order valence-electron chi connectivity index (χ2n) is 2.13. The van der Waals surface area contributed by atoms with E-state index in [0.29, 0.717) is 11.6 Å². The molecule has 0 bridgehead atoms. The first kappa shape index (κ1) is 8.37. The van der Waals surface area contributed by atoms with Gasteiger partial charge in [0.2, 0.25) is 0 Å². The number of halogens is 1. The van der Waals surface area contributed by atoms with Crippen molar-refractivity contribution in [2.45, 2.75) is 0 Å². The van der Waals surface area contributed by atoms with E-state index in [1.165, 1.54) is 0 Å². The number of rotatable bonds is 3. The topological polar surface area (TPSA) is 36.9 Å². The lowest BCUT2D eigenvalue weighted by molar-refractivity contribution is -0.370. The normalized spacial score (nSPS) is 9.64. The van der Waals surface area contributed by atoms with Gasteiger partial charge in [-0.1, -0.05) is 23.7 Å². The Morgan fingerprint density at radius 1 is 1.36 bits per heavy atom. The van der Waals surface area contributed by atoms with Crippen LogP contribution in [-0.4, -0.2) is 13.2 Å². The summed E-state index contributed by atoms with van der Waals surface area (Å²) in [5, 5.41) is 0.654. The molecule has 0 aliphatic carbocycles. The highest BCUT2D eigenvalue weighted by Crippen LogP contribution is 2.22. The third-order valence-corrected chi connectivity index (χ3v) is 1.55. The Balaban J connectivity index is 2.62. The van der Waals surface area contributed by atoms with Crippen LogP contribution in [0, 0.1) is 0 Å². The fourth-order valence-electron chi connectivity index (χ4n) is 0.744. The van der Waals surface area contributed by atoms with Gasteiger partial charge in [-0.2, -0.15) is 0 Å². The summed E-state index contributed by atoms with van der Waals surface area (Å²) in [7, 11) is 0. The molecule has 0 saturated heterocycles. The molecule has 0 saturated carbocycles. The molecule has 0 aliphatic heterocycles. The third-order valence-electron chi connectivity index (χ3n) is 1.24. The molecule has 0 spiro atoms. The van der Waals surface area contributed by atoms with Crippen LogP contribution in [0.25, 0.3) is 0 Å². The summed E-state index contributed by atoms with van der Waals surface area (Å²) in [6, 6.07) is 7.42. The smallest absolute Gasteiger partial charge is 0.138 e. The summed E-state index contributed by atoms with van der Waals surface area (Å²) in [5.41, 5.74) is 3.66. The maximum atomic E-state index is 5.81. The second-order valence-corrected chi connectivity index (χ2v) is 2.54. The van der Waals surface area contributed by atoms with Crippen LogP contribution in [0.15, 0.2) is 24.3 Å². The molecule has 1 aromatic rings. The van der Waals surface area contributed by atoms with Crippen LogP contribution in [0.4, 0.5) is 0 Å². The quantitative estimate of drug-likeness (QED) is 0.725. The molecule has 0 heterocycles. The molecule has 0 unspecified atom stereocenters. The molecule has 0 amide bonds. The van der Waals surface area contributed by atoms with E-state index in [9.17, 15) is 0 Å². The summed E-state index contributed by atoms with van der Waals surface area (Å²) < 4.78 is 5.29. The monoisotopic (exact) mass is 172 g/mol. The van der Waals surface area contributed by atoms with Crippen LogP contribution in [0.1, 0.15) is 0 Å². The molecule has 1 aromatic carbocycles. The summed E-state index contributed by atoms with van der Waals surface area (Å²) in [4.78, 5) is 0. The fourth-order valence-corrected chi connectivity index (χ4v) is 0.934. The Morgan fingerprint density at radius 3 is 2.73 bits per heavy atom. The van der Waals surface area contributed by atoms with Gasteiger partial charge in [0.25, 0.3) is 0 Å². The van der Waals surface area contributed by atoms with E-state index in [1.54, 1.807) is 6.07 Å². The Kier molecular flexibility index (Phi) is 3.20. The van der Waals surface area contributed by atoms with Gasteiger partial charge in [0.05, 0.1) is 5.02 Å². The van der Waals surface area contributed by atoms with E-state index in [4.69, 9.17) is 16.3 Å². The molecule has 3 heteroatoms. The molecular formula is C8H11ClNO+. The van der Waals surface area contributed by atoms with Crippen molar-refractivity contribution in [3.63, 3.8) is 0 Å². The minimum absolute atomic E-state index is 0.615. The number of para-hydroxylation sites is 1. The van der Waals surface area contributed by atoms with Crippen molar-refractivity contribution in [2.24, 2.45) is 0 Å². The Bertz CT molecular complexity index is 227. The van der Waals surface area contributed by atoms with Gasteiger partial charge in [0.15, 0.2) is 0 Å². The average molecular weight is 173 g/mol. The van der Waals surface area contributed by atoms with Gasteiger partial charge in [-0.15, -0.1) is 0 Å². The van der Waals surface area contributed by atoms with Gasteiger partial charge >= 0.3 is 0 Å². The molecule has 0 radical (unpaired) electrons. The molecule has 2 nitrogen and oxygen atoms in total. The lowest BCUT2D eigenvalue weighted by atomic mass is 10.3. The highest BCUT2D eigenvalue weighted by atomic mass is 35.5. The summed E-state index contributed by atoms with van der Waals surface area (Å²) in [5.74, 6) is 0.734. The van der Waals surface area contributed by atoms with Gasteiger partial charge in [0.1, 0.15) is 18.9 Å². The average Bonchev–Trinajstić information content (AvgIpc) is 2.03. The first-order valence-corrected chi connectivity index (χ1v) is 3.89. The minimum Gasteiger partial charge on any atom is -0.486 e. The van der Waals surface area contributed by atoms with Crippen molar-refractivity contribution in [1.29, 1.82) is 0 Å². The molecule has 0 aromatic heterocycles. The highest BCUT2D eigenvalue weighted by molar-refractivity contribution is 6.32. The Morgan fingerprint density at radius 2 is 2.09 bits per heavy atom. The third kappa shape index (κ3) is 2.41. The van der Waals surface area contributed by atoms with Crippen LogP contribution in [0.5, 0.6) is 5.75 Å². The minimum atomic E-state index is 0.615. The summed E-state index contributed by atoms with van der Waals surface area (Å²) in [6.07, 6.45) is 0. The standard InChI is InChI=1S/C8H10ClNO/c9-7-3-1-2-4-8(7)11-6-5-10/h1-4H,5-6,10H2/p+1. The van der Waals surface area contributed by atoms with E-state index >= 15 is 0 Å². The molecule has 0 atom stereocenters. The summed E-state index contributed by atoms with van der Waals surface area (Å²) in [6.45, 7) is 1.37. The maximum Gasteiger partial charge on any atom is 0.138 e. The molecule has 3 N–H and O–H groups in total. The number of hydrogen-bond donors (Lipinski definition) is 1. The van der Waals surface area contributed by atoms with E-state index in [1.807, 2.05) is 18.2 Å². The van der Waals surface area contributed by atoms with Crippen molar-refractivity contribution in [2.75, 3.05) is 13.2 Å². The van der Waals surface area contributed by atoms with E-state index in [2.05, 4.69) is 5.73 Å². The van der Waals surface area contributed by atoms with Crippen LogP contribution < -0.4 is 10.5 Å². The van der Waals surface area contributed by atoms with E-state index < -0.39 is 0 Å². The number of ether oxygens (including phenoxy) is 1. The molecule has 0 fully saturated rings. The van der Waals surface area contributed by atoms with Crippen molar-refractivity contribution >= 4 is 11.6 Å². The number of hydrogen-bond acceptors (Lipinski definition) is 1. The van der Waals surface area contributed by atoms with Crippen LogP contribution in [0.2, 0.25) is 5.02 Å². The zero-order chi connectivity index (χ0) is 8.10. The second kappa shape index (κ2) is 4.21. The maximum absolute atomic E-state index is 5.81. The van der Waals surface area contributed by atoms with Gasteiger partial charge in [0, 0.05) is 0 Å². The first-order valence-electron chi connectivity index (χ1n) is 3.51. The predicted molar refractivity (Wildman–Crippen MR) is 44.7 cm³/mol. The lowest BCUT2D eigenvalue weighted by Gasteiger charge is -2.03. The van der Waals surface area contributed by atoms with Gasteiger partial charge in [-0.25, -0.2) is 0 Å².